The molecule has 2 N–H and O–H groups in total. The van der Waals surface area contributed by atoms with Crippen LogP contribution in [0.1, 0.15) is 36.5 Å². The highest BCUT2D eigenvalue weighted by Gasteiger charge is 2.23. The van der Waals surface area contributed by atoms with Crippen LogP contribution in [0.4, 0.5) is 5.00 Å². The Labute approximate surface area is 164 Å². The van der Waals surface area contributed by atoms with E-state index in [4.69, 9.17) is 4.74 Å². The topological polar surface area (TPSA) is 59.8 Å². The second-order valence-corrected chi connectivity index (χ2v) is 8.07. The van der Waals surface area contributed by atoms with Crippen LogP contribution in [0.5, 0.6) is 0 Å². The number of ether oxygens (including phenoxy) is 1. The number of piperidine rings is 1. The molecule has 0 saturated carbocycles. The van der Waals surface area contributed by atoms with Gasteiger partial charge in [-0.1, -0.05) is 37.3 Å². The third kappa shape index (κ3) is 4.96. The first-order valence-electron chi connectivity index (χ1n) is 9.47. The third-order valence-electron chi connectivity index (χ3n) is 5.21. The fraction of sp³-hybridized carbons (Fsp3) is 0.429. The van der Waals surface area contributed by atoms with Gasteiger partial charge in [-0.3, -0.25) is 4.79 Å². The molecule has 1 aliphatic rings. The van der Waals surface area contributed by atoms with E-state index < -0.39 is 5.97 Å². The van der Waals surface area contributed by atoms with E-state index in [-0.39, 0.29) is 5.91 Å². The molecular formula is C21H27N2O3S+. The predicted octanol–water partition coefficient (Wildman–Crippen LogP) is 2.85. The average Bonchev–Trinajstić information content (AvgIpc) is 3.11. The number of carbonyl (C=O) groups is 2. The second-order valence-electron chi connectivity index (χ2n) is 7.19. The number of amides is 1. The van der Waals surface area contributed by atoms with Crippen LogP contribution in [0, 0.1) is 5.92 Å². The summed E-state index contributed by atoms with van der Waals surface area (Å²) in [5, 5.41) is 5.39. The molecule has 1 aromatic carbocycles. The van der Waals surface area contributed by atoms with E-state index in [9.17, 15) is 9.59 Å². The summed E-state index contributed by atoms with van der Waals surface area (Å²) < 4.78 is 4.96. The largest absolute Gasteiger partial charge is 0.465 e. The van der Waals surface area contributed by atoms with Crippen LogP contribution in [-0.2, 0) is 9.53 Å². The summed E-state index contributed by atoms with van der Waals surface area (Å²) in [6, 6.07) is 9.67. The molecule has 1 amide bonds. The van der Waals surface area contributed by atoms with Crippen LogP contribution in [0.25, 0.3) is 11.1 Å². The number of likely N-dealkylation sites (tertiary alicyclic amines) is 1. The number of quaternary nitrogens is 1. The molecule has 0 spiro atoms. The van der Waals surface area contributed by atoms with Crippen LogP contribution in [0.15, 0.2) is 35.7 Å². The maximum Gasteiger partial charge on any atom is 0.341 e. The maximum atomic E-state index is 12.5. The fourth-order valence-corrected chi connectivity index (χ4v) is 4.46. The van der Waals surface area contributed by atoms with Gasteiger partial charge >= 0.3 is 5.97 Å². The van der Waals surface area contributed by atoms with E-state index >= 15 is 0 Å². The first-order chi connectivity index (χ1) is 13.1. The summed E-state index contributed by atoms with van der Waals surface area (Å²) in [5.74, 6) is 0.321. The highest BCUT2D eigenvalue weighted by molar-refractivity contribution is 7.15. The zero-order chi connectivity index (χ0) is 19.2. The molecule has 1 fully saturated rings. The molecule has 144 valence electrons. The van der Waals surface area contributed by atoms with Gasteiger partial charge in [0.1, 0.15) is 10.6 Å². The van der Waals surface area contributed by atoms with Crippen LogP contribution in [0.3, 0.4) is 0 Å². The molecule has 2 heterocycles. The number of nitrogens with one attached hydrogen (secondary N) is 2. The van der Waals surface area contributed by atoms with Crippen molar-refractivity contribution in [2.45, 2.75) is 26.2 Å². The number of carbonyl (C=O) groups excluding carboxylic acids is 2. The molecule has 0 unspecified atom stereocenters. The zero-order valence-corrected chi connectivity index (χ0v) is 16.7. The quantitative estimate of drug-likeness (QED) is 0.750. The Morgan fingerprint density at radius 2 is 1.93 bits per heavy atom. The first kappa shape index (κ1) is 19.6. The molecule has 2 aromatic rings. The molecule has 1 aromatic heterocycles. The molecule has 3 rings (SSSR count). The Morgan fingerprint density at radius 3 is 2.59 bits per heavy atom. The number of methoxy groups -OCH3 is 1. The Morgan fingerprint density at radius 1 is 1.22 bits per heavy atom. The normalized spacial score (nSPS) is 19.5. The van der Waals surface area contributed by atoms with Crippen molar-refractivity contribution in [3.8, 4) is 11.1 Å². The molecule has 1 saturated heterocycles. The van der Waals surface area contributed by atoms with Crippen molar-refractivity contribution in [1.82, 2.24) is 0 Å². The molecule has 5 nitrogen and oxygen atoms in total. The van der Waals surface area contributed by atoms with Crippen molar-refractivity contribution in [2.24, 2.45) is 5.92 Å². The van der Waals surface area contributed by atoms with Gasteiger partial charge in [-0.05, 0) is 24.3 Å². The van der Waals surface area contributed by atoms with Gasteiger partial charge < -0.3 is 15.0 Å². The smallest absolute Gasteiger partial charge is 0.341 e. The van der Waals surface area contributed by atoms with Crippen LogP contribution in [0.2, 0.25) is 0 Å². The molecule has 6 heteroatoms. The summed E-state index contributed by atoms with van der Waals surface area (Å²) in [6.45, 7) is 5.40. The highest BCUT2D eigenvalue weighted by atomic mass is 32.1. The van der Waals surface area contributed by atoms with Gasteiger partial charge in [0.15, 0.2) is 0 Å². The van der Waals surface area contributed by atoms with Crippen molar-refractivity contribution in [2.75, 3.05) is 32.1 Å². The van der Waals surface area contributed by atoms with Gasteiger partial charge in [-0.25, -0.2) is 4.79 Å². The van der Waals surface area contributed by atoms with E-state index in [1.165, 1.54) is 36.2 Å². The van der Waals surface area contributed by atoms with E-state index in [0.717, 1.165) is 36.7 Å². The molecule has 27 heavy (non-hydrogen) atoms. The molecule has 1 aliphatic heterocycles. The average molecular weight is 388 g/mol. The van der Waals surface area contributed by atoms with Crippen molar-refractivity contribution >= 4 is 28.2 Å². The number of benzene rings is 1. The van der Waals surface area contributed by atoms with Crippen molar-refractivity contribution in [1.29, 1.82) is 0 Å². The van der Waals surface area contributed by atoms with E-state index in [0.29, 0.717) is 17.0 Å². The predicted molar refractivity (Wildman–Crippen MR) is 108 cm³/mol. The van der Waals surface area contributed by atoms with Crippen LogP contribution in [-0.4, -0.2) is 38.6 Å². The van der Waals surface area contributed by atoms with Crippen LogP contribution >= 0.6 is 11.3 Å². The standard InChI is InChI=1S/C21H26N2O3S/c1-15-8-11-23(12-9-15)13-10-18(24)22-20-19(21(25)26-2)17(14-27-20)16-6-4-3-5-7-16/h3-7,14-15H,8-13H2,1-2H3,(H,22,24)/p+1. The number of esters is 1. The van der Waals surface area contributed by atoms with Crippen molar-refractivity contribution in [3.63, 3.8) is 0 Å². The van der Waals surface area contributed by atoms with Gasteiger partial charge in [0, 0.05) is 10.9 Å². The minimum absolute atomic E-state index is 0.0484. The number of rotatable bonds is 6. The Balaban J connectivity index is 1.68. The van der Waals surface area contributed by atoms with Crippen molar-refractivity contribution in [3.05, 3.63) is 41.3 Å². The van der Waals surface area contributed by atoms with Crippen LogP contribution < -0.4 is 10.2 Å². The first-order valence-corrected chi connectivity index (χ1v) is 10.3. The number of anilines is 1. The molecule has 0 aliphatic carbocycles. The summed E-state index contributed by atoms with van der Waals surface area (Å²) in [7, 11) is 1.36. The van der Waals surface area contributed by atoms with Gasteiger partial charge in [0.2, 0.25) is 5.91 Å². The lowest BCUT2D eigenvalue weighted by Crippen LogP contribution is -3.13. The van der Waals surface area contributed by atoms with Gasteiger partial charge in [0.25, 0.3) is 0 Å². The summed E-state index contributed by atoms with van der Waals surface area (Å²) >= 11 is 1.37. The highest BCUT2D eigenvalue weighted by Crippen LogP contribution is 2.36. The molecule has 0 bridgehead atoms. The molecular weight excluding hydrogens is 360 g/mol. The van der Waals surface area contributed by atoms with Gasteiger partial charge in [-0.15, -0.1) is 11.3 Å². The Hall–Kier alpha value is -2.18. The van der Waals surface area contributed by atoms with Gasteiger partial charge in [-0.2, -0.15) is 0 Å². The number of hydrogen-bond donors (Lipinski definition) is 2. The number of thiophene rings is 1. The SMILES string of the molecule is COC(=O)c1c(-c2ccccc2)csc1NC(=O)CC[NH+]1CCC(C)CC1. The maximum absolute atomic E-state index is 12.5. The third-order valence-corrected chi connectivity index (χ3v) is 6.10. The number of hydrogen-bond acceptors (Lipinski definition) is 4. The molecule has 0 atom stereocenters. The van der Waals surface area contributed by atoms with E-state index in [1.807, 2.05) is 35.7 Å². The van der Waals surface area contributed by atoms with Gasteiger partial charge in [0.05, 0.1) is 33.2 Å². The van der Waals surface area contributed by atoms with E-state index in [2.05, 4.69) is 12.2 Å². The minimum atomic E-state index is -0.430. The summed E-state index contributed by atoms with van der Waals surface area (Å²) in [4.78, 5) is 26.3. The van der Waals surface area contributed by atoms with Crippen molar-refractivity contribution < 1.29 is 19.2 Å². The zero-order valence-electron chi connectivity index (χ0n) is 15.9. The molecule has 0 radical (unpaired) electrons. The second kappa shape index (κ2) is 9.15. The van der Waals surface area contributed by atoms with E-state index in [1.54, 1.807) is 0 Å². The summed E-state index contributed by atoms with van der Waals surface area (Å²) in [5.41, 5.74) is 2.15. The Bertz CT molecular complexity index is 780. The Kier molecular flexibility index (Phi) is 6.63. The fourth-order valence-electron chi connectivity index (χ4n) is 3.48. The summed E-state index contributed by atoms with van der Waals surface area (Å²) in [6.07, 6.45) is 2.92. The lowest BCUT2D eigenvalue weighted by Gasteiger charge is -2.27. The lowest BCUT2D eigenvalue weighted by atomic mass is 9.99. The minimum Gasteiger partial charge on any atom is -0.465 e. The lowest BCUT2D eigenvalue weighted by molar-refractivity contribution is -0.905. The monoisotopic (exact) mass is 387 g/mol.